The zero-order chi connectivity index (χ0) is 18.8. The Bertz CT molecular complexity index is 910. The molecule has 5 nitrogen and oxygen atoms in total. The fraction of sp³-hybridized carbons (Fsp3) is 0.318. The predicted octanol–water partition coefficient (Wildman–Crippen LogP) is 3.78. The molecule has 1 saturated carbocycles. The van der Waals surface area contributed by atoms with Gasteiger partial charge in [-0.25, -0.2) is 0 Å². The predicted molar refractivity (Wildman–Crippen MR) is 102 cm³/mol. The maximum Gasteiger partial charge on any atom is 0.249 e. The maximum absolute atomic E-state index is 13.1. The van der Waals surface area contributed by atoms with E-state index in [1.165, 1.54) is 0 Å². The number of hydrogen-bond donors (Lipinski definition) is 1. The fourth-order valence-corrected chi connectivity index (χ4v) is 4.10. The van der Waals surface area contributed by atoms with E-state index in [-0.39, 0.29) is 23.5 Å². The van der Waals surface area contributed by atoms with Crippen molar-refractivity contribution in [2.24, 2.45) is 10.9 Å². The maximum atomic E-state index is 13.1. The number of ketones is 1. The Labute approximate surface area is 158 Å². The first-order chi connectivity index (χ1) is 13.1. The van der Waals surface area contributed by atoms with Gasteiger partial charge in [0.15, 0.2) is 0 Å². The number of carbonyl (C=O) groups is 2. The van der Waals surface area contributed by atoms with Crippen LogP contribution in [0.25, 0.3) is 0 Å². The van der Waals surface area contributed by atoms with Crippen molar-refractivity contribution in [2.75, 3.05) is 0 Å². The van der Waals surface area contributed by atoms with Crippen molar-refractivity contribution in [1.29, 1.82) is 0 Å². The van der Waals surface area contributed by atoms with Crippen molar-refractivity contribution in [3.8, 4) is 0 Å². The van der Waals surface area contributed by atoms with Crippen molar-refractivity contribution in [2.45, 2.75) is 38.6 Å². The summed E-state index contributed by atoms with van der Waals surface area (Å²) >= 11 is 0. The highest BCUT2D eigenvalue weighted by atomic mass is 16.3. The average molecular weight is 362 g/mol. The van der Waals surface area contributed by atoms with Gasteiger partial charge < -0.3 is 9.73 Å². The number of hydrogen-bond acceptors (Lipinski definition) is 4. The summed E-state index contributed by atoms with van der Waals surface area (Å²) in [6.45, 7) is 2.29. The first kappa shape index (κ1) is 17.5. The normalized spacial score (nSPS) is 22.3. The highest BCUT2D eigenvalue weighted by Crippen LogP contribution is 2.42. The molecule has 0 spiro atoms. The van der Waals surface area contributed by atoms with E-state index < -0.39 is 0 Å². The third-order valence-electron chi connectivity index (χ3n) is 5.35. The van der Waals surface area contributed by atoms with Crippen LogP contribution in [-0.4, -0.2) is 17.4 Å². The summed E-state index contributed by atoms with van der Waals surface area (Å²) in [6.07, 6.45) is 5.39. The number of aliphatic imine (C=N–C) groups is 1. The van der Waals surface area contributed by atoms with Crippen molar-refractivity contribution in [1.82, 2.24) is 5.32 Å². The third kappa shape index (κ3) is 3.37. The largest absolute Gasteiger partial charge is 0.472 e. The summed E-state index contributed by atoms with van der Waals surface area (Å²) in [7, 11) is 0. The van der Waals surface area contributed by atoms with Gasteiger partial charge in [0.2, 0.25) is 5.91 Å². The Morgan fingerprint density at radius 1 is 1.19 bits per heavy atom. The number of Topliss-reactive ketones (excluding diaryl/α,β-unsaturated/α-hetero) is 1. The van der Waals surface area contributed by atoms with Crippen LogP contribution < -0.4 is 5.32 Å². The molecule has 1 amide bonds. The molecule has 1 N–H and O–H groups in total. The molecule has 2 aliphatic rings. The van der Waals surface area contributed by atoms with Crippen LogP contribution >= 0.6 is 0 Å². The minimum atomic E-state index is -0.363. The van der Waals surface area contributed by atoms with Gasteiger partial charge in [-0.15, -0.1) is 0 Å². The van der Waals surface area contributed by atoms with E-state index in [9.17, 15) is 9.59 Å². The SMILES string of the molecule is CC1=C(C(=O)NCc2ccccc2)C(c2ccoc2)C2C(=O)CCCC2=N1. The topological polar surface area (TPSA) is 71.7 Å². The van der Waals surface area contributed by atoms with Gasteiger partial charge in [0.25, 0.3) is 0 Å². The van der Waals surface area contributed by atoms with E-state index in [2.05, 4.69) is 10.3 Å². The Hall–Kier alpha value is -2.95. The Morgan fingerprint density at radius 3 is 2.74 bits per heavy atom. The molecular weight excluding hydrogens is 340 g/mol. The first-order valence-corrected chi connectivity index (χ1v) is 9.30. The number of rotatable bonds is 4. The van der Waals surface area contributed by atoms with E-state index in [1.54, 1.807) is 12.5 Å². The van der Waals surface area contributed by atoms with Crippen LogP contribution in [-0.2, 0) is 16.1 Å². The van der Waals surface area contributed by atoms with Crippen LogP contribution in [0.15, 0.2) is 69.6 Å². The van der Waals surface area contributed by atoms with Gasteiger partial charge in [-0.05, 0) is 37.0 Å². The van der Waals surface area contributed by atoms with Crippen LogP contribution in [0.4, 0.5) is 0 Å². The van der Waals surface area contributed by atoms with Crippen LogP contribution in [0.2, 0.25) is 0 Å². The Balaban J connectivity index is 1.68. The summed E-state index contributed by atoms with van der Waals surface area (Å²) < 4.78 is 5.27. The fourth-order valence-electron chi connectivity index (χ4n) is 4.10. The molecule has 2 heterocycles. The quantitative estimate of drug-likeness (QED) is 0.900. The zero-order valence-electron chi connectivity index (χ0n) is 15.3. The van der Waals surface area contributed by atoms with Crippen molar-refractivity contribution in [3.05, 3.63) is 71.3 Å². The van der Waals surface area contributed by atoms with E-state index in [1.807, 2.05) is 43.3 Å². The highest BCUT2D eigenvalue weighted by molar-refractivity contribution is 6.12. The highest BCUT2D eigenvalue weighted by Gasteiger charge is 2.43. The van der Waals surface area contributed by atoms with Gasteiger partial charge in [0.1, 0.15) is 5.78 Å². The molecule has 2 unspecified atom stereocenters. The van der Waals surface area contributed by atoms with Crippen molar-refractivity contribution >= 4 is 17.4 Å². The second-order valence-corrected chi connectivity index (χ2v) is 7.10. The van der Waals surface area contributed by atoms with Gasteiger partial charge in [-0.2, -0.15) is 0 Å². The molecular formula is C22H22N2O3. The van der Waals surface area contributed by atoms with E-state index in [0.717, 1.165) is 29.7 Å². The lowest BCUT2D eigenvalue weighted by Gasteiger charge is -2.35. The number of carbonyl (C=O) groups excluding carboxylic acids is 2. The number of amides is 1. The molecule has 1 aliphatic heterocycles. The van der Waals surface area contributed by atoms with Gasteiger partial charge in [-0.1, -0.05) is 30.3 Å². The molecule has 2 atom stereocenters. The number of nitrogens with one attached hydrogen (secondary N) is 1. The summed E-state index contributed by atoms with van der Waals surface area (Å²) in [5.41, 5.74) is 4.03. The van der Waals surface area contributed by atoms with Gasteiger partial charge in [0.05, 0.1) is 18.4 Å². The third-order valence-corrected chi connectivity index (χ3v) is 5.35. The summed E-state index contributed by atoms with van der Waals surface area (Å²) in [5, 5.41) is 2.99. The minimum Gasteiger partial charge on any atom is -0.472 e. The zero-order valence-corrected chi connectivity index (χ0v) is 15.3. The summed E-state index contributed by atoms with van der Waals surface area (Å²) in [6, 6.07) is 11.6. The molecule has 0 bridgehead atoms. The monoisotopic (exact) mass is 362 g/mol. The van der Waals surface area contributed by atoms with E-state index >= 15 is 0 Å². The van der Waals surface area contributed by atoms with E-state index in [4.69, 9.17) is 4.42 Å². The number of fused-ring (bicyclic) bond motifs is 1. The van der Waals surface area contributed by atoms with Gasteiger partial charge in [0, 0.05) is 35.9 Å². The molecule has 0 radical (unpaired) electrons. The smallest absolute Gasteiger partial charge is 0.249 e. The van der Waals surface area contributed by atoms with E-state index in [0.29, 0.717) is 24.2 Å². The molecule has 2 aromatic rings. The average Bonchev–Trinajstić information content (AvgIpc) is 3.20. The van der Waals surface area contributed by atoms with Gasteiger partial charge >= 0.3 is 0 Å². The molecule has 5 heteroatoms. The molecule has 27 heavy (non-hydrogen) atoms. The molecule has 0 saturated heterocycles. The van der Waals surface area contributed by atoms with Crippen LogP contribution in [0.5, 0.6) is 0 Å². The van der Waals surface area contributed by atoms with Crippen LogP contribution in [0, 0.1) is 5.92 Å². The lowest BCUT2D eigenvalue weighted by molar-refractivity contribution is -0.122. The molecule has 1 aliphatic carbocycles. The van der Waals surface area contributed by atoms with Gasteiger partial charge in [-0.3, -0.25) is 14.6 Å². The van der Waals surface area contributed by atoms with Crippen LogP contribution in [0.1, 0.15) is 43.2 Å². The lowest BCUT2D eigenvalue weighted by atomic mass is 9.70. The molecule has 1 fully saturated rings. The van der Waals surface area contributed by atoms with Crippen molar-refractivity contribution in [3.63, 3.8) is 0 Å². The minimum absolute atomic E-state index is 0.159. The second kappa shape index (κ2) is 7.35. The summed E-state index contributed by atoms with van der Waals surface area (Å²) in [4.78, 5) is 30.5. The summed E-state index contributed by atoms with van der Waals surface area (Å²) in [5.74, 6) is -0.715. The molecule has 1 aromatic heterocycles. The molecule has 138 valence electrons. The number of benzene rings is 1. The molecule has 1 aromatic carbocycles. The Kier molecular flexibility index (Phi) is 4.75. The second-order valence-electron chi connectivity index (χ2n) is 7.10. The molecule has 4 rings (SSSR count). The van der Waals surface area contributed by atoms with Crippen LogP contribution in [0.3, 0.4) is 0 Å². The first-order valence-electron chi connectivity index (χ1n) is 9.30. The Morgan fingerprint density at radius 2 is 2.00 bits per heavy atom. The lowest BCUT2D eigenvalue weighted by Crippen LogP contribution is -2.40. The van der Waals surface area contributed by atoms with Crippen molar-refractivity contribution < 1.29 is 14.0 Å². The number of furan rings is 1. The standard InChI is InChI=1S/C22H22N2O3/c1-14-19(22(26)23-12-15-6-3-2-4-7-15)20(16-10-11-27-13-16)21-17(24-14)8-5-9-18(21)25/h2-4,6-7,10-11,13,20-21H,5,8-9,12H2,1H3,(H,23,26). The number of allylic oxidation sites excluding steroid dienone is 1. The number of nitrogens with zero attached hydrogens (tertiary/aromatic N) is 1.